The molecule has 158 valence electrons. The van der Waals surface area contributed by atoms with Crippen LogP contribution in [-0.2, 0) is 20.0 Å². The fraction of sp³-hybridized carbons (Fsp3) is 0.238. The molecule has 3 aromatic carbocycles. The summed E-state index contributed by atoms with van der Waals surface area (Å²) in [6.45, 7) is 2.25. The van der Waals surface area contributed by atoms with E-state index < -0.39 is 20.0 Å². The van der Waals surface area contributed by atoms with Crippen molar-refractivity contribution in [2.75, 3.05) is 37.9 Å². The van der Waals surface area contributed by atoms with Gasteiger partial charge in [-0.2, -0.15) is 4.31 Å². The Hall–Kier alpha value is -2.46. The number of fused-ring (bicyclic) bond motifs is 1. The summed E-state index contributed by atoms with van der Waals surface area (Å²) in [6, 6.07) is 18.3. The lowest BCUT2D eigenvalue weighted by Gasteiger charge is -2.31. The predicted octanol–water partition coefficient (Wildman–Crippen LogP) is 2.58. The Bertz CT molecular complexity index is 1270. The smallest absolute Gasteiger partial charge is 0.261 e. The first kappa shape index (κ1) is 20.8. The number of nitrogens with zero attached hydrogens (tertiary/aromatic N) is 2. The second-order valence-electron chi connectivity index (χ2n) is 7.35. The number of sulfonamides is 2. The molecule has 7 nitrogen and oxygen atoms in total. The van der Waals surface area contributed by atoms with Crippen molar-refractivity contribution in [1.82, 2.24) is 9.21 Å². The molecule has 0 bridgehead atoms. The van der Waals surface area contributed by atoms with Crippen LogP contribution in [0, 0.1) is 0 Å². The lowest BCUT2D eigenvalue weighted by atomic mass is 10.1. The topological polar surface area (TPSA) is 86.8 Å². The van der Waals surface area contributed by atoms with Gasteiger partial charge in [-0.3, -0.25) is 4.72 Å². The molecule has 4 rings (SSSR count). The van der Waals surface area contributed by atoms with Gasteiger partial charge in [-0.15, -0.1) is 0 Å². The third kappa shape index (κ3) is 4.20. The predicted molar refractivity (Wildman–Crippen MR) is 117 cm³/mol. The summed E-state index contributed by atoms with van der Waals surface area (Å²) in [7, 11) is -5.43. The van der Waals surface area contributed by atoms with Crippen molar-refractivity contribution in [3.63, 3.8) is 0 Å². The summed E-state index contributed by atoms with van der Waals surface area (Å²) in [4.78, 5) is 2.38. The van der Waals surface area contributed by atoms with E-state index in [0.29, 0.717) is 31.9 Å². The molecule has 0 amide bonds. The Kier molecular flexibility index (Phi) is 5.54. The third-order valence-electron chi connectivity index (χ3n) is 5.24. The second kappa shape index (κ2) is 7.99. The lowest BCUT2D eigenvalue weighted by Crippen LogP contribution is -2.46. The van der Waals surface area contributed by atoms with Gasteiger partial charge in [0.1, 0.15) is 0 Å². The highest BCUT2D eigenvalue weighted by molar-refractivity contribution is 7.92. The van der Waals surface area contributed by atoms with E-state index in [1.54, 1.807) is 18.2 Å². The highest BCUT2D eigenvalue weighted by Crippen LogP contribution is 2.23. The number of likely N-dealkylation sites (N-methyl/N-ethyl adjacent to an activating group) is 1. The second-order valence-corrected chi connectivity index (χ2v) is 11.0. The average molecular weight is 446 g/mol. The van der Waals surface area contributed by atoms with Crippen LogP contribution >= 0.6 is 0 Å². The summed E-state index contributed by atoms with van der Waals surface area (Å²) in [6.07, 6.45) is 0. The van der Waals surface area contributed by atoms with Gasteiger partial charge in [0.25, 0.3) is 10.0 Å². The molecular formula is C21H23N3O4S2. The number of piperazine rings is 1. The van der Waals surface area contributed by atoms with Gasteiger partial charge in [-0.05, 0) is 54.2 Å². The SMILES string of the molecule is CN1CCN(S(=O)(=O)c2ccc(NS(=O)(=O)c3ccc4ccccc4c3)cc2)CC1. The van der Waals surface area contributed by atoms with E-state index in [-0.39, 0.29) is 9.79 Å². The molecule has 0 spiro atoms. The van der Waals surface area contributed by atoms with Crippen LogP contribution < -0.4 is 4.72 Å². The van der Waals surface area contributed by atoms with E-state index >= 15 is 0 Å². The zero-order chi connectivity index (χ0) is 21.4. The molecule has 9 heteroatoms. The molecule has 1 aliphatic heterocycles. The summed E-state index contributed by atoms with van der Waals surface area (Å²) in [5, 5.41) is 1.78. The fourth-order valence-electron chi connectivity index (χ4n) is 3.42. The van der Waals surface area contributed by atoms with E-state index in [2.05, 4.69) is 9.62 Å². The molecule has 0 aromatic heterocycles. The number of hydrogen-bond donors (Lipinski definition) is 1. The van der Waals surface area contributed by atoms with Crippen molar-refractivity contribution in [1.29, 1.82) is 0 Å². The molecule has 0 aliphatic carbocycles. The largest absolute Gasteiger partial charge is 0.304 e. The van der Waals surface area contributed by atoms with Gasteiger partial charge in [0, 0.05) is 31.9 Å². The van der Waals surface area contributed by atoms with Crippen molar-refractivity contribution >= 4 is 36.5 Å². The van der Waals surface area contributed by atoms with Crippen LogP contribution in [0.25, 0.3) is 10.8 Å². The first-order valence-electron chi connectivity index (χ1n) is 9.56. The lowest BCUT2D eigenvalue weighted by molar-refractivity contribution is 0.222. The van der Waals surface area contributed by atoms with E-state index in [0.717, 1.165) is 10.8 Å². The van der Waals surface area contributed by atoms with Crippen LogP contribution in [0.3, 0.4) is 0 Å². The van der Waals surface area contributed by atoms with Crippen LogP contribution in [0.1, 0.15) is 0 Å². The third-order valence-corrected chi connectivity index (χ3v) is 8.53. The molecule has 30 heavy (non-hydrogen) atoms. The maximum Gasteiger partial charge on any atom is 0.261 e. The summed E-state index contributed by atoms with van der Waals surface area (Å²) in [5.41, 5.74) is 0.306. The monoisotopic (exact) mass is 445 g/mol. The van der Waals surface area contributed by atoms with Gasteiger partial charge in [0.15, 0.2) is 0 Å². The van der Waals surface area contributed by atoms with Gasteiger partial charge in [0.2, 0.25) is 10.0 Å². The number of rotatable bonds is 5. The quantitative estimate of drug-likeness (QED) is 0.652. The highest BCUT2D eigenvalue weighted by Gasteiger charge is 2.27. The Labute approximate surface area is 177 Å². The Balaban J connectivity index is 1.53. The van der Waals surface area contributed by atoms with E-state index in [4.69, 9.17) is 0 Å². The van der Waals surface area contributed by atoms with Crippen LogP contribution in [-0.4, -0.2) is 59.3 Å². The number of nitrogens with one attached hydrogen (secondary N) is 1. The number of anilines is 1. The maximum absolute atomic E-state index is 12.8. The normalized spacial score (nSPS) is 16.6. The van der Waals surface area contributed by atoms with Crippen molar-refractivity contribution in [3.8, 4) is 0 Å². The van der Waals surface area contributed by atoms with E-state index in [1.165, 1.54) is 28.6 Å². The molecule has 0 saturated carbocycles. The molecular weight excluding hydrogens is 422 g/mol. The average Bonchev–Trinajstić information content (AvgIpc) is 2.74. The van der Waals surface area contributed by atoms with E-state index in [9.17, 15) is 16.8 Å². The van der Waals surface area contributed by atoms with Crippen molar-refractivity contribution < 1.29 is 16.8 Å². The Morgan fingerprint density at radius 2 is 1.33 bits per heavy atom. The van der Waals surface area contributed by atoms with Gasteiger partial charge in [-0.1, -0.05) is 30.3 Å². The van der Waals surface area contributed by atoms with Gasteiger partial charge in [0.05, 0.1) is 9.79 Å². The van der Waals surface area contributed by atoms with Crippen molar-refractivity contribution in [2.24, 2.45) is 0 Å². The van der Waals surface area contributed by atoms with E-state index in [1.807, 2.05) is 31.3 Å². The van der Waals surface area contributed by atoms with Crippen molar-refractivity contribution in [3.05, 3.63) is 66.7 Å². The van der Waals surface area contributed by atoms with Gasteiger partial charge < -0.3 is 4.90 Å². The minimum Gasteiger partial charge on any atom is -0.304 e. The highest BCUT2D eigenvalue weighted by atomic mass is 32.2. The fourth-order valence-corrected chi connectivity index (χ4v) is 5.94. The van der Waals surface area contributed by atoms with Crippen LogP contribution in [0.15, 0.2) is 76.5 Å². The number of benzene rings is 3. The molecule has 1 saturated heterocycles. The van der Waals surface area contributed by atoms with Crippen molar-refractivity contribution in [2.45, 2.75) is 9.79 Å². The summed E-state index contributed by atoms with van der Waals surface area (Å²) < 4.78 is 55.1. The Morgan fingerprint density at radius 1 is 0.733 bits per heavy atom. The minimum atomic E-state index is -3.80. The first-order valence-corrected chi connectivity index (χ1v) is 12.5. The van der Waals surface area contributed by atoms with Gasteiger partial charge in [-0.25, -0.2) is 16.8 Å². The molecule has 0 radical (unpaired) electrons. The zero-order valence-electron chi connectivity index (χ0n) is 16.5. The molecule has 1 fully saturated rings. The molecule has 3 aromatic rings. The zero-order valence-corrected chi connectivity index (χ0v) is 18.2. The molecule has 1 heterocycles. The molecule has 0 atom stereocenters. The molecule has 1 aliphatic rings. The van der Waals surface area contributed by atoms with Gasteiger partial charge >= 0.3 is 0 Å². The van der Waals surface area contributed by atoms with Crippen LogP contribution in [0.5, 0.6) is 0 Å². The molecule has 1 N–H and O–H groups in total. The number of hydrogen-bond acceptors (Lipinski definition) is 5. The standard InChI is InChI=1S/C21H23N3O4S2/c1-23-12-14-24(15-13-23)30(27,28)20-10-7-19(8-11-20)22-29(25,26)21-9-6-17-4-2-3-5-18(17)16-21/h2-11,16,22H,12-15H2,1H3. The molecule has 0 unspecified atom stereocenters. The van der Waals surface area contributed by atoms with Crippen LogP contribution in [0.4, 0.5) is 5.69 Å². The van der Waals surface area contributed by atoms with Crippen LogP contribution in [0.2, 0.25) is 0 Å². The first-order chi connectivity index (χ1) is 14.3. The summed E-state index contributed by atoms with van der Waals surface area (Å²) in [5.74, 6) is 0. The summed E-state index contributed by atoms with van der Waals surface area (Å²) >= 11 is 0. The minimum absolute atomic E-state index is 0.148. The Morgan fingerprint density at radius 3 is 2.00 bits per heavy atom. The maximum atomic E-state index is 12.8.